The Morgan fingerprint density at radius 2 is 2.38 bits per heavy atom. The highest BCUT2D eigenvalue weighted by Gasteiger charge is 2.18. The number of carbonyl (C=O) groups is 1. The molecule has 1 aromatic rings. The maximum atomic E-state index is 10.7. The standard InChI is InChI=1S/C10H14N4O2/c1-13-6-8(9(11)12-13)7-2-4-14(5-3-7)10(15)16/h2,6H,3-5H2,1H3,(H2,11,12)(H,15,16). The molecule has 1 amide bonds. The van der Waals surface area contributed by atoms with Crippen molar-refractivity contribution in [1.82, 2.24) is 14.7 Å². The lowest BCUT2D eigenvalue weighted by Gasteiger charge is -2.23. The topological polar surface area (TPSA) is 84.4 Å². The van der Waals surface area contributed by atoms with Crippen molar-refractivity contribution in [3.05, 3.63) is 17.8 Å². The number of hydrogen-bond acceptors (Lipinski definition) is 3. The van der Waals surface area contributed by atoms with Gasteiger partial charge in [0.05, 0.1) is 0 Å². The lowest BCUT2D eigenvalue weighted by atomic mass is 10.0. The summed E-state index contributed by atoms with van der Waals surface area (Å²) in [6, 6.07) is 0. The zero-order valence-electron chi connectivity index (χ0n) is 9.05. The van der Waals surface area contributed by atoms with Gasteiger partial charge in [-0.25, -0.2) is 4.79 Å². The van der Waals surface area contributed by atoms with E-state index in [0.29, 0.717) is 25.3 Å². The minimum Gasteiger partial charge on any atom is -0.465 e. The third-order valence-corrected chi connectivity index (χ3v) is 2.68. The molecule has 1 aliphatic rings. The van der Waals surface area contributed by atoms with Crippen LogP contribution in [0.4, 0.5) is 10.6 Å². The number of hydrogen-bond donors (Lipinski definition) is 2. The summed E-state index contributed by atoms with van der Waals surface area (Å²) in [4.78, 5) is 12.1. The molecule has 86 valence electrons. The van der Waals surface area contributed by atoms with Crippen LogP contribution in [0.15, 0.2) is 12.3 Å². The molecule has 0 bridgehead atoms. The van der Waals surface area contributed by atoms with E-state index in [0.717, 1.165) is 11.1 Å². The van der Waals surface area contributed by atoms with Gasteiger partial charge in [0.1, 0.15) is 0 Å². The first kappa shape index (κ1) is 10.5. The second-order valence-electron chi connectivity index (χ2n) is 3.81. The summed E-state index contributed by atoms with van der Waals surface area (Å²) in [5, 5.41) is 12.9. The molecule has 0 fully saturated rings. The number of anilines is 1. The number of aryl methyl sites for hydroxylation is 1. The largest absolute Gasteiger partial charge is 0.465 e. The third-order valence-electron chi connectivity index (χ3n) is 2.68. The third kappa shape index (κ3) is 1.86. The molecular formula is C10H14N4O2. The fraction of sp³-hybridized carbons (Fsp3) is 0.400. The van der Waals surface area contributed by atoms with E-state index in [4.69, 9.17) is 10.8 Å². The van der Waals surface area contributed by atoms with Crippen LogP contribution in [0.25, 0.3) is 5.57 Å². The van der Waals surface area contributed by atoms with E-state index in [1.807, 2.05) is 19.3 Å². The fourth-order valence-corrected chi connectivity index (χ4v) is 1.84. The number of rotatable bonds is 1. The van der Waals surface area contributed by atoms with Gasteiger partial charge >= 0.3 is 6.09 Å². The van der Waals surface area contributed by atoms with Crippen LogP contribution in [-0.2, 0) is 7.05 Å². The Morgan fingerprint density at radius 3 is 2.81 bits per heavy atom. The van der Waals surface area contributed by atoms with E-state index < -0.39 is 6.09 Å². The molecule has 0 radical (unpaired) electrons. The highest BCUT2D eigenvalue weighted by Crippen LogP contribution is 2.25. The molecule has 2 rings (SSSR count). The molecule has 1 aliphatic heterocycles. The average molecular weight is 222 g/mol. The predicted octanol–water partition coefficient (Wildman–Crippen LogP) is 0.769. The van der Waals surface area contributed by atoms with Gasteiger partial charge in [-0.3, -0.25) is 4.68 Å². The second kappa shape index (κ2) is 3.88. The van der Waals surface area contributed by atoms with Gasteiger partial charge in [-0.1, -0.05) is 6.08 Å². The van der Waals surface area contributed by atoms with Crippen LogP contribution in [0.3, 0.4) is 0 Å². The Hall–Kier alpha value is -1.98. The van der Waals surface area contributed by atoms with Crippen molar-refractivity contribution in [2.24, 2.45) is 7.05 Å². The van der Waals surface area contributed by atoms with Gasteiger partial charge in [0.2, 0.25) is 0 Å². The maximum absolute atomic E-state index is 10.7. The van der Waals surface area contributed by atoms with Crippen molar-refractivity contribution >= 4 is 17.5 Å². The monoisotopic (exact) mass is 222 g/mol. The highest BCUT2D eigenvalue weighted by molar-refractivity contribution is 5.75. The average Bonchev–Trinajstić information content (AvgIpc) is 2.58. The van der Waals surface area contributed by atoms with Crippen molar-refractivity contribution < 1.29 is 9.90 Å². The van der Waals surface area contributed by atoms with Crippen molar-refractivity contribution in [2.45, 2.75) is 6.42 Å². The Morgan fingerprint density at radius 1 is 1.62 bits per heavy atom. The van der Waals surface area contributed by atoms with Crippen molar-refractivity contribution in [2.75, 3.05) is 18.8 Å². The number of aromatic nitrogens is 2. The predicted molar refractivity (Wildman–Crippen MR) is 59.8 cm³/mol. The molecule has 16 heavy (non-hydrogen) atoms. The summed E-state index contributed by atoms with van der Waals surface area (Å²) in [6.45, 7) is 0.925. The zero-order valence-corrected chi connectivity index (χ0v) is 9.05. The first-order chi connectivity index (χ1) is 7.58. The Labute approximate surface area is 93.0 Å². The van der Waals surface area contributed by atoms with Crippen LogP contribution in [-0.4, -0.2) is 39.0 Å². The molecule has 0 aliphatic carbocycles. The van der Waals surface area contributed by atoms with Crippen molar-refractivity contribution in [3.63, 3.8) is 0 Å². The van der Waals surface area contributed by atoms with Gasteiger partial charge in [-0.05, 0) is 12.0 Å². The molecule has 0 unspecified atom stereocenters. The first-order valence-electron chi connectivity index (χ1n) is 5.04. The highest BCUT2D eigenvalue weighted by atomic mass is 16.4. The fourth-order valence-electron chi connectivity index (χ4n) is 1.84. The molecular weight excluding hydrogens is 208 g/mol. The Bertz CT molecular complexity index is 450. The van der Waals surface area contributed by atoms with Crippen molar-refractivity contribution in [1.29, 1.82) is 0 Å². The lowest BCUT2D eigenvalue weighted by molar-refractivity contribution is 0.150. The Balaban J connectivity index is 2.19. The molecule has 6 nitrogen and oxygen atoms in total. The van der Waals surface area contributed by atoms with E-state index in [1.54, 1.807) is 4.68 Å². The van der Waals surface area contributed by atoms with Gasteiger partial charge in [-0.2, -0.15) is 5.10 Å². The summed E-state index contributed by atoms with van der Waals surface area (Å²) in [7, 11) is 1.81. The van der Waals surface area contributed by atoms with E-state index in [2.05, 4.69) is 5.10 Å². The molecule has 0 atom stereocenters. The van der Waals surface area contributed by atoms with Gasteiger partial charge in [0.25, 0.3) is 0 Å². The number of amides is 1. The minimum atomic E-state index is -0.880. The quantitative estimate of drug-likeness (QED) is 0.735. The van der Waals surface area contributed by atoms with Gasteiger partial charge < -0.3 is 15.7 Å². The van der Waals surface area contributed by atoms with E-state index in [9.17, 15) is 4.79 Å². The smallest absolute Gasteiger partial charge is 0.407 e. The number of nitrogen functional groups attached to an aromatic ring is 1. The summed E-state index contributed by atoms with van der Waals surface area (Å²) in [5.74, 6) is 0.498. The van der Waals surface area contributed by atoms with Gasteiger partial charge in [-0.15, -0.1) is 0 Å². The van der Waals surface area contributed by atoms with Gasteiger partial charge in [0.15, 0.2) is 5.82 Å². The molecule has 0 spiro atoms. The molecule has 0 aromatic carbocycles. The van der Waals surface area contributed by atoms with E-state index in [1.165, 1.54) is 4.90 Å². The lowest BCUT2D eigenvalue weighted by Crippen LogP contribution is -2.33. The molecule has 3 N–H and O–H groups in total. The van der Waals surface area contributed by atoms with Crippen LogP contribution >= 0.6 is 0 Å². The zero-order chi connectivity index (χ0) is 11.7. The van der Waals surface area contributed by atoms with Gasteiger partial charge in [0, 0.05) is 31.9 Å². The van der Waals surface area contributed by atoms with Crippen LogP contribution in [0.2, 0.25) is 0 Å². The molecule has 0 saturated heterocycles. The number of carboxylic acid groups (broad SMARTS) is 1. The SMILES string of the molecule is Cn1cc(C2=CCN(C(=O)O)CC2)c(N)n1. The number of nitrogens with two attached hydrogens (primary N) is 1. The van der Waals surface area contributed by atoms with E-state index >= 15 is 0 Å². The summed E-state index contributed by atoms with van der Waals surface area (Å²) in [5.41, 5.74) is 7.75. The van der Waals surface area contributed by atoms with Crippen LogP contribution in [0.1, 0.15) is 12.0 Å². The summed E-state index contributed by atoms with van der Waals surface area (Å²) < 4.78 is 1.66. The van der Waals surface area contributed by atoms with Crippen LogP contribution in [0, 0.1) is 0 Å². The van der Waals surface area contributed by atoms with Crippen molar-refractivity contribution in [3.8, 4) is 0 Å². The molecule has 1 aromatic heterocycles. The normalized spacial score (nSPS) is 16.1. The molecule has 2 heterocycles. The van der Waals surface area contributed by atoms with Crippen LogP contribution < -0.4 is 5.73 Å². The second-order valence-corrected chi connectivity index (χ2v) is 3.81. The van der Waals surface area contributed by atoms with Crippen LogP contribution in [0.5, 0.6) is 0 Å². The minimum absolute atomic E-state index is 0.416. The Kier molecular flexibility index (Phi) is 2.55. The first-order valence-corrected chi connectivity index (χ1v) is 5.04. The molecule has 0 saturated carbocycles. The summed E-state index contributed by atoms with van der Waals surface area (Å²) in [6.07, 6.45) is 3.56. The maximum Gasteiger partial charge on any atom is 0.407 e. The number of nitrogens with zero attached hydrogens (tertiary/aromatic N) is 3. The molecule has 6 heteroatoms. The van der Waals surface area contributed by atoms with E-state index in [-0.39, 0.29) is 0 Å². The summed E-state index contributed by atoms with van der Waals surface area (Å²) >= 11 is 0.